The smallest absolute Gasteiger partial charge is 0.256 e. The molecule has 1 saturated heterocycles. The molecule has 4 aromatic rings. The molecule has 0 spiro atoms. The van der Waals surface area contributed by atoms with Gasteiger partial charge in [-0.25, -0.2) is 0 Å². The first-order valence-electron chi connectivity index (χ1n) is 16.4. The molecule has 1 aliphatic carbocycles. The van der Waals surface area contributed by atoms with Crippen molar-refractivity contribution in [3.05, 3.63) is 118 Å². The normalized spacial score (nSPS) is 16.2. The first-order chi connectivity index (χ1) is 23.0. The summed E-state index contributed by atoms with van der Waals surface area (Å²) in [6.45, 7) is 3.89. The lowest BCUT2D eigenvalue weighted by Crippen LogP contribution is -2.35. The van der Waals surface area contributed by atoms with Crippen molar-refractivity contribution in [2.24, 2.45) is 4.99 Å². The third-order valence-corrected chi connectivity index (χ3v) is 9.20. The maximum absolute atomic E-state index is 13.2. The lowest BCUT2D eigenvalue weighted by atomic mass is 9.81. The van der Waals surface area contributed by atoms with E-state index in [0.717, 1.165) is 72.2 Å². The van der Waals surface area contributed by atoms with Gasteiger partial charge in [0.05, 0.1) is 37.6 Å². The number of aryl methyl sites for hydroxylation is 1. The molecule has 47 heavy (non-hydrogen) atoms. The van der Waals surface area contributed by atoms with E-state index in [1.54, 1.807) is 7.11 Å². The summed E-state index contributed by atoms with van der Waals surface area (Å²) in [4.78, 5) is 32.8. The predicted octanol–water partition coefficient (Wildman–Crippen LogP) is 8.09. The molecule has 1 atom stereocenters. The SMILES string of the molecule is COc1ccc(C=C2c3ccccc3C(=O)c3ccccc32)cc1OCCCCCOc1cc2c(cc1C)C(=O)N1CCC[C@H]1C=N2. The predicted molar refractivity (Wildman–Crippen MR) is 185 cm³/mol. The lowest BCUT2D eigenvalue weighted by molar-refractivity contribution is 0.0774. The van der Waals surface area contributed by atoms with Crippen molar-refractivity contribution in [3.8, 4) is 17.2 Å². The Morgan fingerprint density at radius 3 is 2.17 bits per heavy atom. The van der Waals surface area contributed by atoms with Gasteiger partial charge in [-0.15, -0.1) is 0 Å². The summed E-state index contributed by atoms with van der Waals surface area (Å²) in [5.41, 5.74) is 7.56. The average Bonchev–Trinajstić information content (AvgIpc) is 3.53. The second-order valence-corrected chi connectivity index (χ2v) is 12.3. The fourth-order valence-corrected chi connectivity index (χ4v) is 6.72. The van der Waals surface area contributed by atoms with E-state index in [1.165, 1.54) is 0 Å². The number of nitrogens with zero attached hydrogens (tertiary/aromatic N) is 2. The molecule has 7 nitrogen and oxygen atoms in total. The van der Waals surface area contributed by atoms with Crippen LogP contribution in [0.3, 0.4) is 0 Å². The number of ketones is 1. The number of carbonyl (C=O) groups excluding carboxylic acids is 2. The van der Waals surface area contributed by atoms with E-state index in [2.05, 4.69) is 11.1 Å². The number of benzene rings is 4. The highest BCUT2D eigenvalue weighted by Crippen LogP contribution is 2.38. The molecule has 0 bridgehead atoms. The van der Waals surface area contributed by atoms with E-state index in [9.17, 15) is 9.59 Å². The highest BCUT2D eigenvalue weighted by molar-refractivity contribution is 6.20. The van der Waals surface area contributed by atoms with E-state index in [4.69, 9.17) is 14.2 Å². The summed E-state index contributed by atoms with van der Waals surface area (Å²) in [7, 11) is 1.64. The Morgan fingerprint density at radius 2 is 1.47 bits per heavy atom. The number of ether oxygens (including phenoxy) is 3. The molecule has 0 unspecified atom stereocenters. The zero-order valence-corrected chi connectivity index (χ0v) is 26.8. The zero-order chi connectivity index (χ0) is 32.3. The topological polar surface area (TPSA) is 77.4 Å². The van der Waals surface area contributed by atoms with Crippen molar-refractivity contribution >= 4 is 35.2 Å². The van der Waals surface area contributed by atoms with Crippen LogP contribution in [0.25, 0.3) is 11.6 Å². The van der Waals surface area contributed by atoms with Crippen LogP contribution in [0.2, 0.25) is 0 Å². The maximum Gasteiger partial charge on any atom is 0.256 e. The fourth-order valence-electron chi connectivity index (χ4n) is 6.72. The Hall–Kier alpha value is -5.17. The van der Waals surface area contributed by atoms with Crippen LogP contribution < -0.4 is 14.2 Å². The van der Waals surface area contributed by atoms with E-state index in [0.29, 0.717) is 47.1 Å². The fraction of sp³-hybridized carbons (Fsp3) is 0.275. The Bertz CT molecular complexity index is 1860. The monoisotopic (exact) mass is 626 g/mol. The summed E-state index contributed by atoms with van der Waals surface area (Å²) >= 11 is 0. The van der Waals surface area contributed by atoms with Gasteiger partial charge >= 0.3 is 0 Å². The standard InChI is InChI=1S/C40H38N2O5/c1-26-21-34-35(41-25-28-11-10-18-42(28)40(34)44)24-37(26)46-19-8-3-9-20-47-38-23-27(16-17-36(38)45-2)22-33-29-12-4-6-14-31(29)39(43)32-15-7-5-13-30(32)33/h4-7,12-17,21-25,28H,3,8-11,18-20H2,1-2H3/t28-/m0/s1. The van der Waals surface area contributed by atoms with Crippen LogP contribution in [-0.2, 0) is 0 Å². The molecule has 1 fully saturated rings. The molecular formula is C40H38N2O5. The molecule has 3 aliphatic rings. The number of hydrogen-bond donors (Lipinski definition) is 0. The molecule has 0 N–H and O–H groups in total. The molecule has 4 aromatic carbocycles. The van der Waals surface area contributed by atoms with E-state index >= 15 is 0 Å². The van der Waals surface area contributed by atoms with Gasteiger partial charge < -0.3 is 19.1 Å². The number of amides is 1. The number of aliphatic imine (C=N–C) groups is 1. The van der Waals surface area contributed by atoms with Crippen molar-refractivity contribution in [2.45, 2.75) is 45.1 Å². The van der Waals surface area contributed by atoms with Crippen LogP contribution in [0.5, 0.6) is 17.2 Å². The minimum absolute atomic E-state index is 0.0525. The van der Waals surface area contributed by atoms with Gasteiger partial charge in [-0.2, -0.15) is 0 Å². The molecule has 0 radical (unpaired) electrons. The summed E-state index contributed by atoms with van der Waals surface area (Å²) in [5.74, 6) is 2.25. The minimum atomic E-state index is 0.0525. The number of methoxy groups -OCH3 is 1. The third kappa shape index (κ3) is 6.06. The second-order valence-electron chi connectivity index (χ2n) is 12.3. The summed E-state index contributed by atoms with van der Waals surface area (Å²) in [6, 6.07) is 25.4. The second kappa shape index (κ2) is 13.3. The molecule has 0 aromatic heterocycles. The van der Waals surface area contributed by atoms with Crippen LogP contribution in [-0.4, -0.2) is 55.7 Å². The number of hydrogen-bond acceptors (Lipinski definition) is 6. The summed E-state index contributed by atoms with van der Waals surface area (Å²) in [6.07, 6.45) is 8.69. The van der Waals surface area contributed by atoms with Crippen LogP contribution in [0.15, 0.2) is 83.9 Å². The van der Waals surface area contributed by atoms with Gasteiger partial charge in [-0.05, 0) is 91.1 Å². The average molecular weight is 627 g/mol. The van der Waals surface area contributed by atoms with Crippen molar-refractivity contribution in [1.82, 2.24) is 4.90 Å². The van der Waals surface area contributed by atoms with Gasteiger partial charge in [-0.3, -0.25) is 14.6 Å². The number of rotatable bonds is 10. The number of fused-ring (bicyclic) bond motifs is 4. The van der Waals surface area contributed by atoms with E-state index < -0.39 is 0 Å². The van der Waals surface area contributed by atoms with Gasteiger partial charge in [0.1, 0.15) is 5.75 Å². The maximum atomic E-state index is 13.2. The minimum Gasteiger partial charge on any atom is -0.493 e. The van der Waals surface area contributed by atoms with E-state index in [1.807, 2.05) is 96.9 Å². The van der Waals surface area contributed by atoms with Gasteiger partial charge in [-0.1, -0.05) is 54.6 Å². The third-order valence-electron chi connectivity index (χ3n) is 9.20. The molecule has 2 heterocycles. The van der Waals surface area contributed by atoms with Crippen molar-refractivity contribution in [3.63, 3.8) is 0 Å². The van der Waals surface area contributed by atoms with Gasteiger partial charge in [0.2, 0.25) is 0 Å². The summed E-state index contributed by atoms with van der Waals surface area (Å²) in [5, 5.41) is 0. The van der Waals surface area contributed by atoms with Crippen LogP contribution in [0.4, 0.5) is 5.69 Å². The van der Waals surface area contributed by atoms with Gasteiger partial charge in [0, 0.05) is 30.0 Å². The molecule has 0 saturated carbocycles. The Morgan fingerprint density at radius 1 is 0.787 bits per heavy atom. The Labute approximate surface area is 275 Å². The summed E-state index contributed by atoms with van der Waals surface area (Å²) < 4.78 is 17.9. The van der Waals surface area contributed by atoms with Gasteiger partial charge in [0.15, 0.2) is 17.3 Å². The van der Waals surface area contributed by atoms with Crippen molar-refractivity contribution in [1.29, 1.82) is 0 Å². The Kier molecular flexibility index (Phi) is 8.62. The highest BCUT2D eigenvalue weighted by Gasteiger charge is 2.32. The molecule has 7 heteroatoms. The molecule has 2 aliphatic heterocycles. The quantitative estimate of drug-likeness (QED) is 0.147. The Balaban J connectivity index is 0.966. The van der Waals surface area contributed by atoms with Crippen molar-refractivity contribution < 1.29 is 23.8 Å². The van der Waals surface area contributed by atoms with Crippen LogP contribution >= 0.6 is 0 Å². The first-order valence-corrected chi connectivity index (χ1v) is 16.4. The largest absolute Gasteiger partial charge is 0.493 e. The molecular weight excluding hydrogens is 588 g/mol. The van der Waals surface area contributed by atoms with Crippen LogP contribution in [0, 0.1) is 6.92 Å². The molecule has 7 rings (SSSR count). The number of carbonyl (C=O) groups is 2. The van der Waals surface area contributed by atoms with Gasteiger partial charge in [0.25, 0.3) is 5.91 Å². The molecule has 238 valence electrons. The zero-order valence-electron chi connectivity index (χ0n) is 26.8. The van der Waals surface area contributed by atoms with Crippen molar-refractivity contribution in [2.75, 3.05) is 26.9 Å². The molecule has 1 amide bonds. The lowest BCUT2D eigenvalue weighted by Gasteiger charge is -2.21. The van der Waals surface area contributed by atoms with Crippen LogP contribution in [0.1, 0.15) is 80.6 Å². The number of unbranched alkanes of at least 4 members (excludes halogenated alkanes) is 2. The van der Waals surface area contributed by atoms with E-state index in [-0.39, 0.29) is 17.7 Å². The first kappa shape index (κ1) is 30.5. The highest BCUT2D eigenvalue weighted by atomic mass is 16.5.